The van der Waals surface area contributed by atoms with Crippen LogP contribution in [0.15, 0.2) is 48.2 Å². The van der Waals surface area contributed by atoms with E-state index in [1.165, 1.54) is 30.3 Å². The van der Waals surface area contributed by atoms with E-state index in [2.05, 4.69) is 0 Å². The molecule has 0 atom stereocenters. The summed E-state index contributed by atoms with van der Waals surface area (Å²) in [5.74, 6) is -2.15. The molecule has 1 N–H and O–H groups in total. The number of halogens is 3. The molecule has 7 heteroatoms. The number of hydrogen-bond donors (Lipinski definition) is 1. The fourth-order valence-corrected chi connectivity index (χ4v) is 2.91. The maximum Gasteiger partial charge on any atom is 0.301 e. The number of carbonyl (C=O) groups is 2. The Hall–Kier alpha value is -2.01. The Balaban J connectivity index is 2.08. The van der Waals surface area contributed by atoms with Gasteiger partial charge in [0.2, 0.25) is 0 Å². The highest BCUT2D eigenvalue weighted by Crippen LogP contribution is 2.36. The Labute approximate surface area is 146 Å². The van der Waals surface area contributed by atoms with Crippen LogP contribution in [0.3, 0.4) is 0 Å². The molecule has 3 rings (SSSR count). The molecule has 0 saturated heterocycles. The van der Waals surface area contributed by atoms with Crippen LogP contribution in [0, 0.1) is 0 Å². The lowest BCUT2D eigenvalue weighted by Gasteiger charge is -2.14. The number of aliphatic hydroxyl groups excluding tert-OH is 1. The summed E-state index contributed by atoms with van der Waals surface area (Å²) in [4.78, 5) is 25.7. The number of benzene rings is 2. The molecule has 2 aromatic rings. The normalized spacial score (nSPS) is 14.8. The Morgan fingerprint density at radius 3 is 2.04 bits per heavy atom. The Bertz CT molecular complexity index is 859. The van der Waals surface area contributed by atoms with Crippen LogP contribution >= 0.6 is 34.8 Å². The first-order chi connectivity index (χ1) is 10.9. The van der Waals surface area contributed by atoms with Gasteiger partial charge in [-0.25, -0.2) is 4.90 Å². The molecule has 0 bridgehead atoms. The van der Waals surface area contributed by atoms with Gasteiger partial charge in [-0.1, -0.05) is 40.9 Å². The van der Waals surface area contributed by atoms with Crippen molar-refractivity contribution in [2.45, 2.75) is 0 Å². The third-order valence-electron chi connectivity index (χ3n) is 3.34. The molecule has 116 valence electrons. The summed E-state index contributed by atoms with van der Waals surface area (Å²) in [5.41, 5.74) is 0.381. The first-order valence-corrected chi connectivity index (χ1v) is 7.56. The van der Waals surface area contributed by atoms with Crippen LogP contribution in [-0.2, 0) is 9.59 Å². The molecular formula is C16H8Cl3NO3. The number of aliphatic hydroxyl groups is 1. The summed E-state index contributed by atoms with van der Waals surface area (Å²) in [6.45, 7) is 0. The lowest BCUT2D eigenvalue weighted by atomic mass is 10.1. The molecule has 0 fully saturated rings. The monoisotopic (exact) mass is 367 g/mol. The maximum absolute atomic E-state index is 12.6. The van der Waals surface area contributed by atoms with Crippen molar-refractivity contribution in [3.05, 3.63) is 68.9 Å². The number of hydrogen-bond acceptors (Lipinski definition) is 3. The first-order valence-electron chi connectivity index (χ1n) is 6.43. The number of amides is 2. The second-order valence-electron chi connectivity index (χ2n) is 4.77. The predicted molar refractivity (Wildman–Crippen MR) is 90.0 cm³/mol. The van der Waals surface area contributed by atoms with Crippen LogP contribution in [-0.4, -0.2) is 16.9 Å². The lowest BCUT2D eigenvalue weighted by Crippen LogP contribution is -2.31. The quantitative estimate of drug-likeness (QED) is 0.795. The molecule has 23 heavy (non-hydrogen) atoms. The highest BCUT2D eigenvalue weighted by molar-refractivity contribution is 6.47. The van der Waals surface area contributed by atoms with Crippen molar-refractivity contribution in [1.29, 1.82) is 0 Å². The van der Waals surface area contributed by atoms with Gasteiger partial charge in [-0.2, -0.15) is 0 Å². The zero-order valence-electron chi connectivity index (χ0n) is 11.4. The van der Waals surface area contributed by atoms with Crippen molar-refractivity contribution in [1.82, 2.24) is 0 Å². The highest BCUT2D eigenvalue weighted by atomic mass is 35.5. The van der Waals surface area contributed by atoms with E-state index in [1.54, 1.807) is 12.1 Å². The average Bonchev–Trinajstić information content (AvgIpc) is 2.72. The number of imide groups is 1. The largest absolute Gasteiger partial charge is 0.502 e. The fraction of sp³-hybridized carbons (Fsp3) is 0. The first kappa shape index (κ1) is 15.9. The molecule has 0 radical (unpaired) electrons. The minimum atomic E-state index is -0.821. The van der Waals surface area contributed by atoms with Crippen LogP contribution in [0.25, 0.3) is 5.57 Å². The summed E-state index contributed by atoms with van der Waals surface area (Å²) in [5, 5.41) is 11.1. The van der Waals surface area contributed by atoms with Crippen molar-refractivity contribution >= 4 is 57.9 Å². The Morgan fingerprint density at radius 2 is 1.43 bits per heavy atom. The van der Waals surface area contributed by atoms with E-state index in [0.717, 1.165) is 4.90 Å². The van der Waals surface area contributed by atoms with Gasteiger partial charge in [-0.3, -0.25) is 9.59 Å². The van der Waals surface area contributed by atoms with Crippen molar-refractivity contribution in [2.75, 3.05) is 4.90 Å². The summed E-state index contributed by atoms with van der Waals surface area (Å²) in [6.07, 6.45) is 0. The molecule has 1 heterocycles. The van der Waals surface area contributed by atoms with Crippen LogP contribution < -0.4 is 4.90 Å². The fourth-order valence-electron chi connectivity index (χ4n) is 2.28. The van der Waals surface area contributed by atoms with Crippen LogP contribution in [0.5, 0.6) is 0 Å². The smallest absolute Gasteiger partial charge is 0.301 e. The molecule has 2 aromatic carbocycles. The minimum Gasteiger partial charge on any atom is -0.502 e. The van der Waals surface area contributed by atoms with Gasteiger partial charge in [-0.05, 0) is 36.4 Å². The van der Waals surface area contributed by atoms with E-state index in [-0.39, 0.29) is 16.2 Å². The van der Waals surface area contributed by atoms with E-state index < -0.39 is 17.6 Å². The van der Waals surface area contributed by atoms with Crippen molar-refractivity contribution in [2.24, 2.45) is 0 Å². The topological polar surface area (TPSA) is 57.6 Å². The number of carbonyl (C=O) groups excluding carboxylic acids is 2. The van der Waals surface area contributed by atoms with Gasteiger partial charge in [0.15, 0.2) is 5.76 Å². The van der Waals surface area contributed by atoms with E-state index in [1.807, 2.05) is 0 Å². The van der Waals surface area contributed by atoms with Gasteiger partial charge < -0.3 is 5.11 Å². The van der Waals surface area contributed by atoms with Gasteiger partial charge in [0, 0.05) is 15.6 Å². The van der Waals surface area contributed by atoms with E-state index in [9.17, 15) is 14.7 Å². The molecule has 0 unspecified atom stereocenters. The second-order valence-corrected chi connectivity index (χ2v) is 6.05. The maximum atomic E-state index is 12.6. The van der Waals surface area contributed by atoms with E-state index in [0.29, 0.717) is 15.7 Å². The minimum absolute atomic E-state index is 0.161. The van der Waals surface area contributed by atoms with Crippen molar-refractivity contribution in [3.8, 4) is 0 Å². The summed E-state index contributed by atoms with van der Waals surface area (Å²) in [7, 11) is 0. The molecule has 0 saturated carbocycles. The molecule has 1 aliphatic rings. The second kappa shape index (κ2) is 5.89. The molecule has 1 aliphatic heterocycles. The van der Waals surface area contributed by atoms with Crippen molar-refractivity contribution < 1.29 is 14.7 Å². The predicted octanol–water partition coefficient (Wildman–Crippen LogP) is 4.49. The number of anilines is 1. The summed E-state index contributed by atoms with van der Waals surface area (Å²) >= 11 is 17.7. The van der Waals surface area contributed by atoms with Gasteiger partial charge >= 0.3 is 5.91 Å². The van der Waals surface area contributed by atoms with Crippen LogP contribution in [0.1, 0.15) is 5.56 Å². The Morgan fingerprint density at radius 1 is 0.826 bits per heavy atom. The lowest BCUT2D eigenvalue weighted by molar-refractivity contribution is -0.121. The molecular weight excluding hydrogens is 361 g/mol. The van der Waals surface area contributed by atoms with Gasteiger partial charge in [0.05, 0.1) is 16.3 Å². The standard InChI is InChI=1S/C16H8Cl3NO3/c17-8-1-4-10(5-2-8)20-15(22)13(14(21)16(20)23)11-6-3-9(18)7-12(11)19/h1-7,21H. The van der Waals surface area contributed by atoms with Gasteiger partial charge in [0.1, 0.15) is 0 Å². The molecule has 2 amide bonds. The summed E-state index contributed by atoms with van der Waals surface area (Å²) in [6, 6.07) is 10.5. The molecule has 0 aromatic heterocycles. The van der Waals surface area contributed by atoms with E-state index in [4.69, 9.17) is 34.8 Å². The zero-order chi connectivity index (χ0) is 16.7. The van der Waals surface area contributed by atoms with Gasteiger partial charge in [-0.15, -0.1) is 0 Å². The third kappa shape index (κ3) is 2.70. The highest BCUT2D eigenvalue weighted by Gasteiger charge is 2.40. The zero-order valence-corrected chi connectivity index (χ0v) is 13.7. The SMILES string of the molecule is O=C1C(O)=C(c2ccc(Cl)cc2Cl)C(=O)N1c1ccc(Cl)cc1. The number of rotatable bonds is 2. The van der Waals surface area contributed by atoms with Gasteiger partial charge in [0.25, 0.3) is 5.91 Å². The van der Waals surface area contributed by atoms with E-state index >= 15 is 0 Å². The average molecular weight is 369 g/mol. The molecule has 4 nitrogen and oxygen atoms in total. The van der Waals surface area contributed by atoms with Crippen LogP contribution in [0.4, 0.5) is 5.69 Å². The Kier molecular flexibility index (Phi) is 4.06. The third-order valence-corrected chi connectivity index (χ3v) is 4.14. The summed E-state index contributed by atoms with van der Waals surface area (Å²) < 4.78 is 0. The molecule has 0 spiro atoms. The van der Waals surface area contributed by atoms with Crippen molar-refractivity contribution in [3.63, 3.8) is 0 Å². The number of nitrogens with zero attached hydrogens (tertiary/aromatic N) is 1. The van der Waals surface area contributed by atoms with Crippen LogP contribution in [0.2, 0.25) is 15.1 Å². The molecule has 0 aliphatic carbocycles.